The minimum atomic E-state index is -1.35. The lowest BCUT2D eigenvalue weighted by Gasteiger charge is -2.61. The van der Waals surface area contributed by atoms with E-state index in [1.54, 1.807) is 0 Å². The van der Waals surface area contributed by atoms with Crippen LogP contribution in [-0.2, 0) is 15.5 Å². The third-order valence-electron chi connectivity index (χ3n) is 13.3. The molecule has 5 saturated carbocycles. The molecule has 0 heterocycles. The molecule has 0 unspecified atom stereocenters. The second-order valence-electron chi connectivity index (χ2n) is 15.2. The van der Waals surface area contributed by atoms with Crippen molar-refractivity contribution in [1.29, 1.82) is 0 Å². The van der Waals surface area contributed by atoms with Gasteiger partial charge in [0.25, 0.3) is 0 Å². The SMILES string of the molecule is CO[C@@H]1C[C@H]2[C@@H]3CC[C@H]([C@H](C)[C@@H](O)/C(=C\C(C)C)[S@](=O)c4ccc(C)cc4)[C@@]3(C)CC[C@@H]2[C@@]2(C)CC[C@@H]3C[C@]312. The van der Waals surface area contributed by atoms with Crippen molar-refractivity contribution in [2.75, 3.05) is 7.11 Å². The van der Waals surface area contributed by atoms with Gasteiger partial charge in [0.05, 0.1) is 23.0 Å². The lowest BCUT2D eigenvalue weighted by atomic mass is 9.45. The molecule has 3 nitrogen and oxygen atoms in total. The molecule has 1 spiro atoms. The average Bonchev–Trinajstić information content (AvgIpc) is 3.42. The van der Waals surface area contributed by atoms with Gasteiger partial charge in [0, 0.05) is 22.3 Å². The number of aliphatic hydroxyl groups excluding tert-OH is 1. The molecule has 1 N–H and O–H groups in total. The number of methoxy groups -OCH3 is 1. The van der Waals surface area contributed by atoms with Gasteiger partial charge >= 0.3 is 0 Å². The zero-order valence-electron chi connectivity index (χ0n) is 25.4. The summed E-state index contributed by atoms with van der Waals surface area (Å²) in [5.74, 6) is 3.96. The Labute approximate surface area is 240 Å². The van der Waals surface area contributed by atoms with Crippen LogP contribution in [0.1, 0.15) is 91.5 Å². The fraction of sp³-hybridized carbons (Fsp3) is 0.771. The molecule has 0 aliphatic heterocycles. The van der Waals surface area contributed by atoms with Gasteiger partial charge in [-0.2, -0.15) is 0 Å². The highest BCUT2D eigenvalue weighted by atomic mass is 32.2. The number of hydrogen-bond donors (Lipinski definition) is 1. The van der Waals surface area contributed by atoms with Gasteiger partial charge in [-0.05, 0) is 123 Å². The van der Waals surface area contributed by atoms with Gasteiger partial charge in [0.1, 0.15) is 0 Å². The summed E-state index contributed by atoms with van der Waals surface area (Å²) in [7, 11) is 0.624. The molecule has 0 saturated heterocycles. The Morgan fingerprint density at radius 1 is 1.05 bits per heavy atom. The number of aryl methyl sites for hydroxylation is 1. The first-order valence-electron chi connectivity index (χ1n) is 15.9. The summed E-state index contributed by atoms with van der Waals surface area (Å²) in [6, 6.07) is 7.96. The molecule has 0 radical (unpaired) electrons. The molecule has 1 aromatic carbocycles. The van der Waals surface area contributed by atoms with Crippen molar-refractivity contribution < 1.29 is 14.1 Å². The van der Waals surface area contributed by atoms with Crippen molar-refractivity contribution in [3.05, 3.63) is 40.8 Å². The molecule has 4 heteroatoms. The van der Waals surface area contributed by atoms with E-state index in [4.69, 9.17) is 4.74 Å². The number of fused-ring (bicyclic) bond motifs is 4. The number of ether oxygens (including phenoxy) is 1. The van der Waals surface area contributed by atoms with Gasteiger partial charge in [0.2, 0.25) is 0 Å². The minimum Gasteiger partial charge on any atom is -0.387 e. The number of hydrogen-bond acceptors (Lipinski definition) is 3. The quantitative estimate of drug-likeness (QED) is 0.374. The van der Waals surface area contributed by atoms with Crippen LogP contribution in [0.25, 0.3) is 0 Å². The second-order valence-corrected chi connectivity index (χ2v) is 16.6. The van der Waals surface area contributed by atoms with Gasteiger partial charge in [-0.3, -0.25) is 0 Å². The van der Waals surface area contributed by atoms with Crippen LogP contribution < -0.4 is 0 Å². The van der Waals surface area contributed by atoms with Gasteiger partial charge in [-0.25, -0.2) is 4.21 Å². The summed E-state index contributed by atoms with van der Waals surface area (Å²) in [4.78, 5) is 1.50. The van der Waals surface area contributed by atoms with E-state index in [2.05, 4.69) is 47.6 Å². The van der Waals surface area contributed by atoms with Crippen LogP contribution in [0.4, 0.5) is 0 Å². The Morgan fingerprint density at radius 3 is 2.41 bits per heavy atom. The van der Waals surface area contributed by atoms with Crippen LogP contribution in [0.5, 0.6) is 0 Å². The van der Waals surface area contributed by atoms with E-state index in [0.717, 1.165) is 28.2 Å². The molecule has 39 heavy (non-hydrogen) atoms. The maximum Gasteiger partial charge on any atom is 0.0902 e. The standard InChI is InChI=1S/C35H52O3S/c1-21(2)18-30(39(37)25-10-8-22(3)9-11-25)32(36)23(4)27-12-13-28-26-19-31(38-7)35-20-24(35)14-17-34(35,6)29(26)15-16-33(27,28)5/h8-11,18,21,23-24,26-29,31-32,36H,12-17,19-20H2,1-7H3/b30-18+/t23-,24+,26-,27+,28-,29-,31+,32+,33+,34+,35-,39+/m0/s1. The van der Waals surface area contributed by atoms with Crippen LogP contribution in [0.3, 0.4) is 0 Å². The van der Waals surface area contributed by atoms with E-state index >= 15 is 0 Å². The summed E-state index contributed by atoms with van der Waals surface area (Å²) in [5.41, 5.74) is 2.31. The Morgan fingerprint density at radius 2 is 1.77 bits per heavy atom. The summed E-state index contributed by atoms with van der Waals surface area (Å²) in [6.45, 7) is 13.7. The van der Waals surface area contributed by atoms with Crippen molar-refractivity contribution in [3.8, 4) is 0 Å². The summed E-state index contributed by atoms with van der Waals surface area (Å²) < 4.78 is 20.1. The molecule has 5 aliphatic carbocycles. The van der Waals surface area contributed by atoms with Crippen LogP contribution in [0.15, 0.2) is 40.1 Å². The van der Waals surface area contributed by atoms with Gasteiger partial charge in [-0.1, -0.05) is 58.4 Å². The van der Waals surface area contributed by atoms with Crippen LogP contribution in [0.2, 0.25) is 0 Å². The molecule has 12 atom stereocenters. The number of allylic oxidation sites excluding steroid dienone is 1. The molecule has 0 amide bonds. The van der Waals surface area contributed by atoms with Crippen molar-refractivity contribution in [3.63, 3.8) is 0 Å². The molecule has 5 fully saturated rings. The molecular formula is C35H52O3S. The average molecular weight is 553 g/mol. The van der Waals surface area contributed by atoms with E-state index in [9.17, 15) is 9.32 Å². The fourth-order valence-electron chi connectivity index (χ4n) is 11.4. The lowest BCUT2D eigenvalue weighted by molar-refractivity contribution is -0.162. The zero-order valence-corrected chi connectivity index (χ0v) is 26.2. The normalized spacial score (nSPS) is 45.2. The Hall–Kier alpha value is -0.970. The second kappa shape index (κ2) is 9.80. The fourth-order valence-corrected chi connectivity index (χ4v) is 12.8. The van der Waals surface area contributed by atoms with E-state index in [0.29, 0.717) is 33.7 Å². The minimum absolute atomic E-state index is 0.0824. The Bertz CT molecular complexity index is 1140. The third-order valence-corrected chi connectivity index (χ3v) is 14.8. The summed E-state index contributed by atoms with van der Waals surface area (Å²) in [5, 5.41) is 11.9. The first-order chi connectivity index (χ1) is 18.5. The van der Waals surface area contributed by atoms with E-state index in [1.165, 1.54) is 51.4 Å². The molecule has 1 aromatic rings. The highest BCUT2D eigenvalue weighted by Crippen LogP contribution is 2.82. The summed E-state index contributed by atoms with van der Waals surface area (Å²) >= 11 is 0. The molecular weight excluding hydrogens is 500 g/mol. The Kier molecular flexibility index (Phi) is 7.08. The predicted octanol–water partition coefficient (Wildman–Crippen LogP) is 7.92. The maximum absolute atomic E-state index is 13.8. The van der Waals surface area contributed by atoms with E-state index < -0.39 is 16.9 Å². The van der Waals surface area contributed by atoms with Gasteiger partial charge < -0.3 is 9.84 Å². The summed E-state index contributed by atoms with van der Waals surface area (Å²) in [6.07, 6.45) is 12.3. The highest BCUT2D eigenvalue weighted by molar-refractivity contribution is 7.89. The molecule has 5 aliphatic rings. The lowest BCUT2D eigenvalue weighted by Crippen LogP contribution is -2.57. The third kappa shape index (κ3) is 4.04. The van der Waals surface area contributed by atoms with Crippen molar-refractivity contribution in [2.24, 2.45) is 57.7 Å². The number of benzene rings is 1. The first kappa shape index (κ1) is 28.2. The van der Waals surface area contributed by atoms with Crippen LogP contribution in [-0.4, -0.2) is 28.6 Å². The molecule has 0 bridgehead atoms. The van der Waals surface area contributed by atoms with Gasteiger partial charge in [-0.15, -0.1) is 0 Å². The van der Waals surface area contributed by atoms with Gasteiger partial charge in [0.15, 0.2) is 0 Å². The molecule has 216 valence electrons. The van der Waals surface area contributed by atoms with Crippen LogP contribution in [0, 0.1) is 64.6 Å². The smallest absolute Gasteiger partial charge is 0.0902 e. The molecule has 6 rings (SSSR count). The first-order valence-corrected chi connectivity index (χ1v) is 17.0. The van der Waals surface area contributed by atoms with E-state index in [-0.39, 0.29) is 17.3 Å². The maximum atomic E-state index is 13.8. The predicted molar refractivity (Wildman–Crippen MR) is 160 cm³/mol. The van der Waals surface area contributed by atoms with Crippen molar-refractivity contribution in [2.45, 2.75) is 110 Å². The zero-order chi connectivity index (χ0) is 27.9. The topological polar surface area (TPSA) is 46.5 Å². The van der Waals surface area contributed by atoms with E-state index in [1.807, 2.05) is 31.4 Å². The monoisotopic (exact) mass is 552 g/mol. The number of aliphatic hydroxyl groups is 1. The largest absolute Gasteiger partial charge is 0.387 e. The van der Waals surface area contributed by atoms with Crippen LogP contribution >= 0.6 is 0 Å². The number of rotatable bonds is 7. The Balaban J connectivity index is 1.26. The molecule has 0 aromatic heterocycles. The van der Waals surface area contributed by atoms with Crippen molar-refractivity contribution >= 4 is 10.8 Å². The highest BCUT2D eigenvalue weighted by Gasteiger charge is 2.77. The van der Waals surface area contributed by atoms with Crippen molar-refractivity contribution in [1.82, 2.24) is 0 Å².